The van der Waals surface area contributed by atoms with E-state index in [2.05, 4.69) is 10.3 Å². The van der Waals surface area contributed by atoms with Crippen LogP contribution in [0.3, 0.4) is 0 Å². The van der Waals surface area contributed by atoms with Crippen LogP contribution in [0, 0.1) is 0 Å². The number of anilines is 1. The summed E-state index contributed by atoms with van der Waals surface area (Å²) in [5, 5.41) is 2.61. The third-order valence-corrected chi connectivity index (χ3v) is 4.78. The summed E-state index contributed by atoms with van der Waals surface area (Å²) >= 11 is 0. The molecule has 0 saturated carbocycles. The van der Waals surface area contributed by atoms with E-state index in [9.17, 15) is 14.4 Å². The van der Waals surface area contributed by atoms with Gasteiger partial charge in [0.1, 0.15) is 5.70 Å². The number of urea groups is 1. The number of dihydropyridines is 1. The van der Waals surface area contributed by atoms with Crippen LogP contribution in [-0.2, 0) is 9.53 Å². The molecule has 0 radical (unpaired) electrons. The fourth-order valence-corrected chi connectivity index (χ4v) is 3.30. The standard InChI is InChI=1S/C20H20N4O4/c25-18(23-8-10-28-11-9-23)15-2-1-3-16(13-15)24-19(26)17(22-20(24)27)12-14-4-6-21-7-5-14/h1-4,6,12-13H,5,7-11H2,(H,22,27). The van der Waals surface area contributed by atoms with Crippen LogP contribution in [0.1, 0.15) is 16.8 Å². The Morgan fingerprint density at radius 2 is 2.04 bits per heavy atom. The summed E-state index contributed by atoms with van der Waals surface area (Å²) in [6.45, 7) is 2.72. The minimum atomic E-state index is -0.530. The van der Waals surface area contributed by atoms with Crippen molar-refractivity contribution in [1.29, 1.82) is 0 Å². The highest BCUT2D eigenvalue weighted by Crippen LogP contribution is 2.24. The molecule has 0 aliphatic carbocycles. The largest absolute Gasteiger partial charge is 0.378 e. The van der Waals surface area contributed by atoms with Gasteiger partial charge in [0.25, 0.3) is 11.8 Å². The molecule has 0 atom stereocenters. The number of hydrogen-bond donors (Lipinski definition) is 1. The van der Waals surface area contributed by atoms with Crippen LogP contribution in [0.25, 0.3) is 0 Å². The second kappa shape index (κ2) is 7.77. The van der Waals surface area contributed by atoms with Gasteiger partial charge in [-0.25, -0.2) is 9.69 Å². The maximum atomic E-state index is 12.8. The summed E-state index contributed by atoms with van der Waals surface area (Å²) in [5.74, 6) is -0.580. The number of aliphatic imine (C=N–C) groups is 1. The molecular weight excluding hydrogens is 360 g/mol. The molecule has 4 amide bonds. The molecule has 4 rings (SSSR count). The van der Waals surface area contributed by atoms with Crippen molar-refractivity contribution in [3.63, 3.8) is 0 Å². The van der Waals surface area contributed by atoms with E-state index in [1.807, 2.05) is 6.08 Å². The van der Waals surface area contributed by atoms with Gasteiger partial charge in [-0.05, 0) is 42.3 Å². The Bertz CT molecular complexity index is 913. The van der Waals surface area contributed by atoms with Crippen LogP contribution >= 0.6 is 0 Å². The molecule has 0 spiro atoms. The van der Waals surface area contributed by atoms with Crippen molar-refractivity contribution in [1.82, 2.24) is 10.2 Å². The number of hydrogen-bond acceptors (Lipinski definition) is 5. The predicted molar refractivity (Wildman–Crippen MR) is 103 cm³/mol. The lowest BCUT2D eigenvalue weighted by Gasteiger charge is -2.27. The van der Waals surface area contributed by atoms with Crippen molar-refractivity contribution in [2.75, 3.05) is 37.7 Å². The summed E-state index contributed by atoms with van der Waals surface area (Å²) in [4.78, 5) is 44.7. The number of imide groups is 1. The third kappa shape index (κ3) is 3.59. The summed E-state index contributed by atoms with van der Waals surface area (Å²) in [6.07, 6.45) is 5.90. The van der Waals surface area contributed by atoms with E-state index in [0.29, 0.717) is 50.5 Å². The van der Waals surface area contributed by atoms with Gasteiger partial charge in [0, 0.05) is 31.4 Å². The molecule has 3 aliphatic rings. The van der Waals surface area contributed by atoms with Crippen LogP contribution in [0.5, 0.6) is 0 Å². The number of ether oxygens (including phenoxy) is 1. The van der Waals surface area contributed by atoms with Gasteiger partial charge in [0.15, 0.2) is 0 Å². The number of nitrogens with one attached hydrogen (secondary N) is 1. The minimum Gasteiger partial charge on any atom is -0.378 e. The van der Waals surface area contributed by atoms with E-state index in [4.69, 9.17) is 4.74 Å². The highest BCUT2D eigenvalue weighted by molar-refractivity contribution is 6.27. The number of carbonyl (C=O) groups is 3. The Hall–Kier alpha value is -3.26. The summed E-state index contributed by atoms with van der Waals surface area (Å²) in [5.41, 5.74) is 1.95. The van der Waals surface area contributed by atoms with Crippen LogP contribution in [-0.4, -0.2) is 61.8 Å². The van der Waals surface area contributed by atoms with Gasteiger partial charge in [0.05, 0.1) is 18.9 Å². The maximum absolute atomic E-state index is 12.8. The molecule has 2 saturated heterocycles. The topological polar surface area (TPSA) is 91.3 Å². The summed E-state index contributed by atoms with van der Waals surface area (Å²) in [6, 6.07) is 6.04. The first-order valence-corrected chi connectivity index (χ1v) is 9.17. The quantitative estimate of drug-likeness (QED) is 0.635. The Labute approximate surface area is 162 Å². The summed E-state index contributed by atoms with van der Waals surface area (Å²) < 4.78 is 5.27. The second-order valence-electron chi connectivity index (χ2n) is 6.63. The van der Waals surface area contributed by atoms with Gasteiger partial charge in [-0.15, -0.1) is 0 Å². The minimum absolute atomic E-state index is 0.139. The zero-order chi connectivity index (χ0) is 19.5. The molecule has 3 aliphatic heterocycles. The average Bonchev–Trinajstić information content (AvgIpc) is 3.02. The maximum Gasteiger partial charge on any atom is 0.333 e. The Morgan fingerprint density at radius 3 is 2.79 bits per heavy atom. The number of benzene rings is 1. The Kier molecular flexibility index (Phi) is 5.03. The molecule has 2 fully saturated rings. The van der Waals surface area contributed by atoms with E-state index in [1.165, 1.54) is 0 Å². The number of carbonyl (C=O) groups excluding carboxylic acids is 3. The van der Waals surface area contributed by atoms with Gasteiger partial charge in [-0.2, -0.15) is 0 Å². The van der Waals surface area contributed by atoms with Crippen molar-refractivity contribution in [2.24, 2.45) is 4.99 Å². The van der Waals surface area contributed by atoms with Crippen LogP contribution in [0.4, 0.5) is 10.5 Å². The molecular formula is C20H20N4O4. The van der Waals surface area contributed by atoms with Gasteiger partial charge < -0.3 is 15.0 Å². The predicted octanol–water partition coefficient (Wildman–Crippen LogP) is 1.50. The van der Waals surface area contributed by atoms with Crippen LogP contribution < -0.4 is 10.2 Å². The van der Waals surface area contributed by atoms with E-state index >= 15 is 0 Å². The fraction of sp³-hybridized carbons (Fsp3) is 0.300. The van der Waals surface area contributed by atoms with Gasteiger partial charge in [-0.3, -0.25) is 14.6 Å². The van der Waals surface area contributed by atoms with E-state index < -0.39 is 11.9 Å². The highest BCUT2D eigenvalue weighted by atomic mass is 16.5. The fourth-order valence-electron chi connectivity index (χ4n) is 3.30. The van der Waals surface area contributed by atoms with Crippen LogP contribution in [0.15, 0.2) is 52.7 Å². The average molecular weight is 380 g/mol. The van der Waals surface area contributed by atoms with Crippen molar-refractivity contribution in [3.05, 3.63) is 53.3 Å². The van der Waals surface area contributed by atoms with Crippen molar-refractivity contribution >= 4 is 29.7 Å². The second-order valence-corrected chi connectivity index (χ2v) is 6.63. The van der Waals surface area contributed by atoms with Crippen molar-refractivity contribution in [2.45, 2.75) is 6.42 Å². The molecule has 1 N–H and O–H groups in total. The highest BCUT2D eigenvalue weighted by Gasteiger charge is 2.35. The SMILES string of the molecule is O=C(c1cccc(N2C(=O)NC(=CC3=CC=NCC3)C2=O)c1)N1CCOCC1. The molecule has 8 heteroatoms. The number of allylic oxidation sites excluding steroid dienone is 2. The molecule has 144 valence electrons. The Morgan fingerprint density at radius 1 is 1.21 bits per heavy atom. The summed E-state index contributed by atoms with van der Waals surface area (Å²) in [7, 11) is 0. The molecule has 0 unspecified atom stereocenters. The Balaban J connectivity index is 1.57. The van der Waals surface area contributed by atoms with E-state index in [0.717, 1.165) is 10.5 Å². The first-order chi connectivity index (χ1) is 13.6. The van der Waals surface area contributed by atoms with E-state index in [-0.39, 0.29) is 11.6 Å². The third-order valence-electron chi connectivity index (χ3n) is 4.78. The lowest BCUT2D eigenvalue weighted by atomic mass is 10.1. The van der Waals surface area contributed by atoms with Gasteiger partial charge >= 0.3 is 6.03 Å². The van der Waals surface area contributed by atoms with Crippen molar-refractivity contribution in [3.8, 4) is 0 Å². The number of rotatable bonds is 3. The molecule has 0 bridgehead atoms. The van der Waals surface area contributed by atoms with E-state index in [1.54, 1.807) is 41.5 Å². The number of morpholine rings is 1. The molecule has 28 heavy (non-hydrogen) atoms. The normalized spacial score (nSPS) is 21.1. The van der Waals surface area contributed by atoms with Crippen LogP contribution in [0.2, 0.25) is 0 Å². The lowest BCUT2D eigenvalue weighted by molar-refractivity contribution is -0.113. The molecule has 1 aromatic carbocycles. The lowest BCUT2D eigenvalue weighted by Crippen LogP contribution is -2.40. The smallest absolute Gasteiger partial charge is 0.333 e. The van der Waals surface area contributed by atoms with Gasteiger partial charge in [0.2, 0.25) is 0 Å². The molecule has 8 nitrogen and oxygen atoms in total. The zero-order valence-electron chi connectivity index (χ0n) is 15.3. The van der Waals surface area contributed by atoms with Crippen molar-refractivity contribution < 1.29 is 19.1 Å². The first kappa shape index (κ1) is 18.1. The number of nitrogens with zero attached hydrogens (tertiary/aromatic N) is 3. The molecule has 3 heterocycles. The first-order valence-electron chi connectivity index (χ1n) is 9.17. The zero-order valence-corrected chi connectivity index (χ0v) is 15.3. The molecule has 1 aromatic rings. The van der Waals surface area contributed by atoms with Gasteiger partial charge in [-0.1, -0.05) is 6.07 Å². The monoisotopic (exact) mass is 380 g/mol. The molecule has 0 aromatic heterocycles. The number of amides is 4.